The number of carbonyl (C=O) groups is 1. The normalized spacial score (nSPS) is 19.8. The Balaban J connectivity index is 1.67. The summed E-state index contributed by atoms with van der Waals surface area (Å²) in [7, 11) is -1.65. The Morgan fingerprint density at radius 1 is 1.23 bits per heavy atom. The van der Waals surface area contributed by atoms with Crippen molar-refractivity contribution in [2.24, 2.45) is 0 Å². The van der Waals surface area contributed by atoms with Gasteiger partial charge in [-0.15, -0.1) is 0 Å². The van der Waals surface area contributed by atoms with E-state index in [2.05, 4.69) is 4.98 Å². The molecule has 0 unspecified atom stereocenters. The van der Waals surface area contributed by atoms with Crippen molar-refractivity contribution in [3.8, 4) is 5.75 Å². The maximum Gasteiger partial charge on any atom is 0.233 e. The summed E-state index contributed by atoms with van der Waals surface area (Å²) in [5.41, 5.74) is 2.52. The fraction of sp³-hybridized carbons (Fsp3) is 0.476. The van der Waals surface area contributed by atoms with Crippen LogP contribution in [0.5, 0.6) is 5.75 Å². The molecular formula is C21H26N4O4S. The van der Waals surface area contributed by atoms with Crippen molar-refractivity contribution in [2.75, 3.05) is 31.4 Å². The fourth-order valence-corrected chi connectivity index (χ4v) is 5.11. The van der Waals surface area contributed by atoms with E-state index < -0.39 is 10.0 Å². The Labute approximate surface area is 176 Å². The Bertz CT molecular complexity index is 1090. The number of anilines is 1. The molecule has 2 aromatic rings. The van der Waals surface area contributed by atoms with Gasteiger partial charge in [0, 0.05) is 35.8 Å². The lowest BCUT2D eigenvalue weighted by atomic mass is 9.98. The third-order valence-electron chi connectivity index (χ3n) is 5.83. The lowest BCUT2D eigenvalue weighted by Crippen LogP contribution is -2.39. The molecule has 2 aliphatic rings. The molecule has 4 rings (SSSR count). The van der Waals surface area contributed by atoms with E-state index in [4.69, 9.17) is 9.72 Å². The summed E-state index contributed by atoms with van der Waals surface area (Å²) in [4.78, 5) is 23.9. The molecule has 9 heteroatoms. The van der Waals surface area contributed by atoms with Crippen LogP contribution in [0.3, 0.4) is 0 Å². The van der Waals surface area contributed by atoms with Crippen LogP contribution in [0, 0.1) is 6.92 Å². The summed E-state index contributed by atoms with van der Waals surface area (Å²) in [6, 6.07) is 7.61. The molecule has 0 N–H and O–H groups in total. The van der Waals surface area contributed by atoms with Gasteiger partial charge in [0.05, 0.1) is 26.3 Å². The standard InChI is InChI=1S/C21H26N4O4S/c1-14-17-11-19(26)25(13-15-7-4-5-9-18(15)29-2)21(17)23-20(22-14)16-8-6-10-24(12-16)30(3,27)28/h4-5,7,9,16H,6,8,10-13H2,1-3H3/t16-/m0/s1. The van der Waals surface area contributed by atoms with Crippen LogP contribution in [0.2, 0.25) is 0 Å². The van der Waals surface area contributed by atoms with Crippen molar-refractivity contribution >= 4 is 21.7 Å². The molecule has 1 atom stereocenters. The first kappa shape index (κ1) is 20.7. The van der Waals surface area contributed by atoms with Gasteiger partial charge in [-0.05, 0) is 25.8 Å². The number of methoxy groups -OCH3 is 1. The number of ether oxygens (including phenoxy) is 1. The number of hydrogen-bond acceptors (Lipinski definition) is 6. The monoisotopic (exact) mass is 430 g/mol. The number of amides is 1. The van der Waals surface area contributed by atoms with E-state index in [0.717, 1.165) is 35.4 Å². The number of nitrogens with zero attached hydrogens (tertiary/aromatic N) is 4. The molecule has 8 nitrogen and oxygen atoms in total. The van der Waals surface area contributed by atoms with Crippen LogP contribution < -0.4 is 9.64 Å². The van der Waals surface area contributed by atoms with Crippen molar-refractivity contribution in [3.63, 3.8) is 0 Å². The minimum Gasteiger partial charge on any atom is -0.496 e. The van der Waals surface area contributed by atoms with Crippen LogP contribution in [0.4, 0.5) is 5.82 Å². The van der Waals surface area contributed by atoms with E-state index in [0.29, 0.717) is 31.3 Å². The summed E-state index contributed by atoms with van der Waals surface area (Å²) in [6.45, 7) is 3.15. The molecule has 1 fully saturated rings. The molecule has 30 heavy (non-hydrogen) atoms. The van der Waals surface area contributed by atoms with Gasteiger partial charge in [0.15, 0.2) is 0 Å². The predicted octanol–water partition coefficient (Wildman–Crippen LogP) is 2.02. The minimum absolute atomic E-state index is 0.0214. The van der Waals surface area contributed by atoms with Crippen LogP contribution in [-0.4, -0.2) is 55.1 Å². The van der Waals surface area contributed by atoms with Crippen LogP contribution >= 0.6 is 0 Å². The molecule has 1 amide bonds. The highest BCUT2D eigenvalue weighted by atomic mass is 32.2. The van der Waals surface area contributed by atoms with Crippen molar-refractivity contribution in [1.29, 1.82) is 0 Å². The van der Waals surface area contributed by atoms with Crippen LogP contribution in [0.25, 0.3) is 0 Å². The van der Waals surface area contributed by atoms with Gasteiger partial charge in [0.25, 0.3) is 0 Å². The zero-order chi connectivity index (χ0) is 21.5. The van der Waals surface area contributed by atoms with E-state index in [1.165, 1.54) is 10.6 Å². The van der Waals surface area contributed by atoms with Crippen molar-refractivity contribution in [1.82, 2.24) is 14.3 Å². The lowest BCUT2D eigenvalue weighted by Gasteiger charge is -2.30. The lowest BCUT2D eigenvalue weighted by molar-refractivity contribution is -0.117. The molecule has 0 aliphatic carbocycles. The summed E-state index contributed by atoms with van der Waals surface area (Å²) in [6.07, 6.45) is 3.10. The molecule has 1 aromatic carbocycles. The Morgan fingerprint density at radius 2 is 2.00 bits per heavy atom. The summed E-state index contributed by atoms with van der Waals surface area (Å²) in [5.74, 6) is 1.86. The maximum absolute atomic E-state index is 12.8. The minimum atomic E-state index is -3.26. The fourth-order valence-electron chi connectivity index (χ4n) is 4.20. The van der Waals surface area contributed by atoms with Gasteiger partial charge < -0.3 is 4.74 Å². The highest BCUT2D eigenvalue weighted by Gasteiger charge is 2.34. The van der Waals surface area contributed by atoms with Gasteiger partial charge in [0.2, 0.25) is 15.9 Å². The molecule has 0 saturated carbocycles. The zero-order valence-corrected chi connectivity index (χ0v) is 18.3. The number of para-hydroxylation sites is 1. The molecule has 1 aromatic heterocycles. The molecule has 0 spiro atoms. The van der Waals surface area contributed by atoms with Crippen molar-refractivity contribution in [2.45, 2.75) is 38.6 Å². The zero-order valence-electron chi connectivity index (χ0n) is 17.5. The number of fused-ring (bicyclic) bond motifs is 1. The Hall–Kier alpha value is -2.52. The first-order valence-electron chi connectivity index (χ1n) is 10.0. The largest absolute Gasteiger partial charge is 0.496 e. The average molecular weight is 431 g/mol. The molecule has 160 valence electrons. The van der Waals surface area contributed by atoms with E-state index >= 15 is 0 Å². The second-order valence-electron chi connectivity index (χ2n) is 7.90. The SMILES string of the molecule is COc1ccccc1CN1C(=O)Cc2c(C)nc([C@H]3CCCN(S(C)(=O)=O)C3)nc21. The first-order valence-corrected chi connectivity index (χ1v) is 11.9. The number of hydrogen-bond donors (Lipinski definition) is 0. The van der Waals surface area contributed by atoms with Crippen molar-refractivity contribution in [3.05, 3.63) is 46.9 Å². The van der Waals surface area contributed by atoms with Gasteiger partial charge in [-0.2, -0.15) is 0 Å². The average Bonchev–Trinajstić information content (AvgIpc) is 3.04. The number of benzene rings is 1. The van der Waals surface area contributed by atoms with Crippen LogP contribution in [0.1, 0.15) is 41.4 Å². The number of piperidine rings is 1. The molecule has 2 aliphatic heterocycles. The number of carbonyl (C=O) groups excluding carboxylic acids is 1. The molecular weight excluding hydrogens is 404 g/mol. The summed E-state index contributed by atoms with van der Waals surface area (Å²) >= 11 is 0. The van der Waals surface area contributed by atoms with Crippen LogP contribution in [-0.2, 0) is 27.8 Å². The van der Waals surface area contributed by atoms with Gasteiger partial charge in [0.1, 0.15) is 17.4 Å². The number of sulfonamides is 1. The van der Waals surface area contributed by atoms with Gasteiger partial charge in [-0.3, -0.25) is 9.69 Å². The van der Waals surface area contributed by atoms with E-state index in [1.54, 1.807) is 12.0 Å². The predicted molar refractivity (Wildman–Crippen MR) is 113 cm³/mol. The van der Waals surface area contributed by atoms with Crippen LogP contribution in [0.15, 0.2) is 24.3 Å². The molecule has 0 radical (unpaired) electrons. The molecule has 1 saturated heterocycles. The first-order chi connectivity index (χ1) is 14.3. The second kappa shape index (κ2) is 7.96. The molecule has 3 heterocycles. The molecule has 0 bridgehead atoms. The van der Waals surface area contributed by atoms with E-state index in [1.807, 2.05) is 31.2 Å². The van der Waals surface area contributed by atoms with E-state index in [-0.39, 0.29) is 18.2 Å². The quantitative estimate of drug-likeness (QED) is 0.721. The van der Waals surface area contributed by atoms with Gasteiger partial charge in [-0.25, -0.2) is 22.7 Å². The maximum atomic E-state index is 12.8. The highest BCUT2D eigenvalue weighted by molar-refractivity contribution is 7.88. The van der Waals surface area contributed by atoms with Gasteiger partial charge >= 0.3 is 0 Å². The smallest absolute Gasteiger partial charge is 0.233 e. The Morgan fingerprint density at radius 3 is 2.73 bits per heavy atom. The summed E-state index contributed by atoms with van der Waals surface area (Å²) in [5, 5.41) is 0. The van der Waals surface area contributed by atoms with E-state index in [9.17, 15) is 13.2 Å². The van der Waals surface area contributed by atoms with Gasteiger partial charge in [-0.1, -0.05) is 18.2 Å². The number of aryl methyl sites for hydroxylation is 1. The van der Waals surface area contributed by atoms with Crippen molar-refractivity contribution < 1.29 is 17.9 Å². The topological polar surface area (TPSA) is 92.7 Å². The Kier molecular flexibility index (Phi) is 5.50. The second-order valence-corrected chi connectivity index (χ2v) is 9.88. The highest BCUT2D eigenvalue weighted by Crippen LogP contribution is 2.34. The summed E-state index contributed by atoms with van der Waals surface area (Å²) < 4.78 is 30.9. The third kappa shape index (κ3) is 3.91. The number of aromatic nitrogens is 2. The third-order valence-corrected chi connectivity index (χ3v) is 7.10. The number of rotatable bonds is 5.